The summed E-state index contributed by atoms with van der Waals surface area (Å²) >= 11 is 0.963. The standard InChI is InChI=1S/C17H15F3N8OS/c18-17(19,20)12-4-1-5-13(7-12)24-14(29)10-30-16-27-26-15(28(16)21)25-23-9-11-3-2-6-22-8-11/h1-9H,10,21H2,(H,24,29)(H,25,26)/b23-9+. The Balaban J connectivity index is 1.54. The summed E-state index contributed by atoms with van der Waals surface area (Å²) < 4.78 is 39.3. The average Bonchev–Trinajstić information content (AvgIpc) is 3.06. The molecule has 30 heavy (non-hydrogen) atoms. The summed E-state index contributed by atoms with van der Waals surface area (Å²) in [6, 6.07) is 7.92. The van der Waals surface area contributed by atoms with Crippen molar-refractivity contribution in [2.75, 3.05) is 22.3 Å². The van der Waals surface area contributed by atoms with Crippen molar-refractivity contribution in [1.29, 1.82) is 0 Å². The summed E-state index contributed by atoms with van der Waals surface area (Å²) in [4.78, 5) is 16.0. The van der Waals surface area contributed by atoms with E-state index in [0.717, 1.165) is 34.1 Å². The molecule has 0 aliphatic heterocycles. The third-order valence-corrected chi connectivity index (χ3v) is 4.48. The SMILES string of the molecule is Nn1c(N/N=C/c2cccnc2)nnc1SCC(=O)Nc1cccc(C(F)(F)F)c1. The van der Waals surface area contributed by atoms with E-state index in [0.29, 0.717) is 0 Å². The highest BCUT2D eigenvalue weighted by atomic mass is 32.2. The molecular weight excluding hydrogens is 421 g/mol. The van der Waals surface area contributed by atoms with Gasteiger partial charge >= 0.3 is 6.18 Å². The molecule has 0 fully saturated rings. The zero-order valence-corrected chi connectivity index (χ0v) is 16.0. The lowest BCUT2D eigenvalue weighted by atomic mass is 10.2. The molecule has 1 amide bonds. The molecule has 2 aromatic heterocycles. The smallest absolute Gasteiger partial charge is 0.334 e. The number of amides is 1. The number of anilines is 2. The van der Waals surface area contributed by atoms with Crippen molar-refractivity contribution in [1.82, 2.24) is 19.9 Å². The molecule has 13 heteroatoms. The van der Waals surface area contributed by atoms with E-state index in [4.69, 9.17) is 5.84 Å². The van der Waals surface area contributed by atoms with E-state index in [1.54, 1.807) is 24.5 Å². The number of carbonyl (C=O) groups is 1. The molecule has 0 bridgehead atoms. The number of nitrogen functional groups attached to an aromatic ring is 1. The first-order valence-electron chi connectivity index (χ1n) is 8.32. The van der Waals surface area contributed by atoms with E-state index in [2.05, 4.69) is 31.0 Å². The zero-order chi connectivity index (χ0) is 21.6. The van der Waals surface area contributed by atoms with Gasteiger partial charge in [-0.3, -0.25) is 9.78 Å². The van der Waals surface area contributed by atoms with Gasteiger partial charge in [-0.25, -0.2) is 10.1 Å². The lowest BCUT2D eigenvalue weighted by Crippen LogP contribution is -2.17. The summed E-state index contributed by atoms with van der Waals surface area (Å²) in [6.45, 7) is 0. The molecule has 4 N–H and O–H groups in total. The third-order valence-electron chi connectivity index (χ3n) is 3.53. The summed E-state index contributed by atoms with van der Waals surface area (Å²) in [5.74, 6) is 5.33. The van der Waals surface area contributed by atoms with Crippen LogP contribution in [0.5, 0.6) is 0 Å². The molecule has 2 heterocycles. The maximum atomic E-state index is 12.7. The molecule has 9 nitrogen and oxygen atoms in total. The molecule has 0 atom stereocenters. The van der Waals surface area contributed by atoms with Crippen LogP contribution in [0.1, 0.15) is 11.1 Å². The summed E-state index contributed by atoms with van der Waals surface area (Å²) in [5.41, 5.74) is 2.56. The van der Waals surface area contributed by atoms with E-state index < -0.39 is 17.6 Å². The van der Waals surface area contributed by atoms with Gasteiger partial charge in [-0.2, -0.15) is 18.3 Å². The van der Waals surface area contributed by atoms with Crippen molar-refractivity contribution in [3.8, 4) is 0 Å². The van der Waals surface area contributed by atoms with Crippen molar-refractivity contribution >= 4 is 35.5 Å². The molecule has 0 spiro atoms. The van der Waals surface area contributed by atoms with Crippen molar-refractivity contribution in [3.05, 3.63) is 59.9 Å². The second-order valence-corrected chi connectivity index (χ2v) is 6.69. The Kier molecular flexibility index (Phi) is 6.51. The zero-order valence-electron chi connectivity index (χ0n) is 15.2. The number of aromatic nitrogens is 4. The number of carbonyl (C=O) groups excluding carboxylic acids is 1. The van der Waals surface area contributed by atoms with E-state index in [9.17, 15) is 18.0 Å². The molecule has 1 aromatic carbocycles. The van der Waals surface area contributed by atoms with Crippen LogP contribution >= 0.6 is 11.8 Å². The summed E-state index contributed by atoms with van der Waals surface area (Å²) in [7, 11) is 0. The normalized spacial score (nSPS) is 11.6. The van der Waals surface area contributed by atoms with Crippen LogP contribution in [0.25, 0.3) is 0 Å². The van der Waals surface area contributed by atoms with Gasteiger partial charge in [0.1, 0.15) is 0 Å². The van der Waals surface area contributed by atoms with Crippen LogP contribution in [0, 0.1) is 0 Å². The fourth-order valence-corrected chi connectivity index (χ4v) is 2.83. The molecule has 0 unspecified atom stereocenters. The van der Waals surface area contributed by atoms with Gasteiger partial charge in [-0.15, -0.1) is 10.2 Å². The number of hydrogen-bond acceptors (Lipinski definition) is 8. The minimum atomic E-state index is -4.49. The number of pyridine rings is 1. The van der Waals surface area contributed by atoms with E-state index >= 15 is 0 Å². The maximum Gasteiger partial charge on any atom is 0.416 e. The van der Waals surface area contributed by atoms with Gasteiger partial charge in [-0.05, 0) is 24.3 Å². The highest BCUT2D eigenvalue weighted by Gasteiger charge is 2.30. The van der Waals surface area contributed by atoms with Gasteiger partial charge in [0, 0.05) is 23.6 Å². The summed E-state index contributed by atoms with van der Waals surface area (Å²) in [6.07, 6.45) is 0.266. The number of benzene rings is 1. The first kappa shape index (κ1) is 21.1. The van der Waals surface area contributed by atoms with Crippen molar-refractivity contribution in [2.45, 2.75) is 11.3 Å². The third kappa shape index (κ3) is 5.70. The Labute approximate surface area is 172 Å². The lowest BCUT2D eigenvalue weighted by Gasteiger charge is -2.09. The highest BCUT2D eigenvalue weighted by Crippen LogP contribution is 2.30. The predicted molar refractivity (Wildman–Crippen MR) is 106 cm³/mol. The first-order chi connectivity index (χ1) is 14.3. The Bertz CT molecular complexity index is 1040. The van der Waals surface area contributed by atoms with Crippen LogP contribution in [-0.4, -0.2) is 37.7 Å². The fraction of sp³-hybridized carbons (Fsp3) is 0.118. The van der Waals surface area contributed by atoms with Gasteiger partial charge in [-0.1, -0.05) is 23.9 Å². The van der Waals surface area contributed by atoms with Crippen LogP contribution in [0.2, 0.25) is 0 Å². The molecule has 0 saturated carbocycles. The van der Waals surface area contributed by atoms with Crippen LogP contribution < -0.4 is 16.6 Å². The van der Waals surface area contributed by atoms with Crippen LogP contribution in [0.4, 0.5) is 24.8 Å². The van der Waals surface area contributed by atoms with E-state index in [-0.39, 0.29) is 22.5 Å². The van der Waals surface area contributed by atoms with Crippen molar-refractivity contribution in [2.24, 2.45) is 5.10 Å². The molecule has 0 radical (unpaired) electrons. The molecule has 156 valence electrons. The van der Waals surface area contributed by atoms with Gasteiger partial charge in [0.25, 0.3) is 5.95 Å². The minimum absolute atomic E-state index is 0.0386. The molecular formula is C17H15F3N8OS. The number of rotatable bonds is 7. The van der Waals surface area contributed by atoms with E-state index in [1.807, 2.05) is 0 Å². The monoisotopic (exact) mass is 436 g/mol. The van der Waals surface area contributed by atoms with Crippen LogP contribution in [0.3, 0.4) is 0 Å². The van der Waals surface area contributed by atoms with Crippen LogP contribution in [-0.2, 0) is 11.0 Å². The van der Waals surface area contributed by atoms with Gasteiger partial charge in [0.05, 0.1) is 17.5 Å². The predicted octanol–water partition coefficient (Wildman–Crippen LogP) is 2.58. The number of nitrogens with two attached hydrogens (primary N) is 1. The minimum Gasteiger partial charge on any atom is -0.334 e. The van der Waals surface area contributed by atoms with Crippen molar-refractivity contribution < 1.29 is 18.0 Å². The van der Waals surface area contributed by atoms with Gasteiger partial charge < -0.3 is 11.2 Å². The number of thioether (sulfide) groups is 1. The van der Waals surface area contributed by atoms with Crippen molar-refractivity contribution in [3.63, 3.8) is 0 Å². The summed E-state index contributed by atoms with van der Waals surface area (Å²) in [5, 5.41) is 14.2. The molecule has 3 rings (SSSR count). The average molecular weight is 436 g/mol. The number of nitrogens with zero attached hydrogens (tertiary/aromatic N) is 5. The Morgan fingerprint density at radius 1 is 1.27 bits per heavy atom. The second kappa shape index (κ2) is 9.26. The number of hydrogen-bond donors (Lipinski definition) is 3. The molecule has 0 aliphatic carbocycles. The second-order valence-electron chi connectivity index (χ2n) is 5.75. The number of alkyl halides is 3. The Morgan fingerprint density at radius 3 is 2.83 bits per heavy atom. The largest absolute Gasteiger partial charge is 0.416 e. The topological polar surface area (TPSA) is 123 Å². The highest BCUT2D eigenvalue weighted by molar-refractivity contribution is 7.99. The Hall–Kier alpha value is -3.61. The number of halogens is 3. The number of hydrazone groups is 1. The van der Waals surface area contributed by atoms with Gasteiger partial charge in [0.15, 0.2) is 0 Å². The maximum absolute atomic E-state index is 12.7. The Morgan fingerprint density at radius 2 is 2.10 bits per heavy atom. The van der Waals surface area contributed by atoms with E-state index in [1.165, 1.54) is 18.3 Å². The molecule has 0 saturated heterocycles. The first-order valence-corrected chi connectivity index (χ1v) is 9.31. The van der Waals surface area contributed by atoms with Crippen LogP contribution in [0.15, 0.2) is 59.0 Å². The molecule has 3 aromatic rings. The lowest BCUT2D eigenvalue weighted by molar-refractivity contribution is -0.137. The number of nitrogens with one attached hydrogen (secondary N) is 2. The quantitative estimate of drug-likeness (QED) is 0.225. The fourth-order valence-electron chi connectivity index (χ4n) is 2.17. The molecule has 0 aliphatic rings. The van der Waals surface area contributed by atoms with Gasteiger partial charge in [0.2, 0.25) is 11.1 Å².